The third kappa shape index (κ3) is 4.04. The number of carbonyl (C=O) groups excluding carboxylic acids is 1. The van der Waals surface area contributed by atoms with Crippen LogP contribution in [0.3, 0.4) is 0 Å². The largest absolute Gasteiger partial charge is 0.326 e. The molecule has 0 bridgehead atoms. The molecule has 1 N–H and O–H groups in total. The van der Waals surface area contributed by atoms with Crippen molar-refractivity contribution >= 4 is 39.1 Å². The number of hydrogen-bond donors (Lipinski definition) is 1. The first-order valence-corrected chi connectivity index (χ1v) is 6.71. The highest BCUT2D eigenvalue weighted by Crippen LogP contribution is 2.25. The molecule has 2 aromatic carbocycles. The highest BCUT2D eigenvalue weighted by atomic mass is 79.9. The molecule has 0 saturated carbocycles. The summed E-state index contributed by atoms with van der Waals surface area (Å²) < 4.78 is 13.7. The van der Waals surface area contributed by atoms with E-state index < -0.39 is 0 Å². The molecule has 98 valence electrons. The second kappa shape index (κ2) is 6.17. The van der Waals surface area contributed by atoms with Crippen LogP contribution in [0.25, 0.3) is 0 Å². The lowest BCUT2D eigenvalue weighted by Crippen LogP contribution is -2.14. The van der Waals surface area contributed by atoms with Gasteiger partial charge in [0.25, 0.3) is 0 Å². The third-order valence-corrected chi connectivity index (χ3v) is 3.67. The lowest BCUT2D eigenvalue weighted by atomic mass is 10.1. The van der Waals surface area contributed by atoms with E-state index >= 15 is 0 Å². The average molecular weight is 343 g/mol. The van der Waals surface area contributed by atoms with Crippen molar-refractivity contribution in [3.63, 3.8) is 0 Å². The molecule has 0 heterocycles. The number of benzene rings is 2. The summed E-state index contributed by atoms with van der Waals surface area (Å²) in [5.41, 5.74) is 1.27. The highest BCUT2D eigenvalue weighted by molar-refractivity contribution is 9.10. The summed E-state index contributed by atoms with van der Waals surface area (Å²) in [4.78, 5) is 11.8. The van der Waals surface area contributed by atoms with E-state index in [1.54, 1.807) is 30.3 Å². The van der Waals surface area contributed by atoms with Gasteiger partial charge in [-0.05, 0) is 51.8 Å². The van der Waals surface area contributed by atoms with Gasteiger partial charge in [0.15, 0.2) is 0 Å². The minimum Gasteiger partial charge on any atom is -0.326 e. The Morgan fingerprint density at radius 3 is 2.74 bits per heavy atom. The van der Waals surface area contributed by atoms with E-state index in [9.17, 15) is 9.18 Å². The fraction of sp³-hybridized carbons (Fsp3) is 0.0714. The first-order valence-electron chi connectivity index (χ1n) is 5.54. The zero-order valence-electron chi connectivity index (χ0n) is 9.79. The van der Waals surface area contributed by atoms with Gasteiger partial charge in [-0.1, -0.05) is 23.7 Å². The zero-order valence-corrected chi connectivity index (χ0v) is 12.1. The molecule has 0 spiro atoms. The van der Waals surface area contributed by atoms with E-state index in [1.807, 2.05) is 0 Å². The summed E-state index contributed by atoms with van der Waals surface area (Å²) >= 11 is 9.14. The van der Waals surface area contributed by atoms with Crippen molar-refractivity contribution in [1.29, 1.82) is 0 Å². The van der Waals surface area contributed by atoms with Crippen molar-refractivity contribution in [3.8, 4) is 0 Å². The topological polar surface area (TPSA) is 29.1 Å². The van der Waals surface area contributed by atoms with Crippen LogP contribution in [0.5, 0.6) is 0 Å². The van der Waals surface area contributed by atoms with Gasteiger partial charge in [-0.25, -0.2) is 4.39 Å². The number of carbonyl (C=O) groups is 1. The summed E-state index contributed by atoms with van der Waals surface area (Å²) in [5, 5.41) is 3.30. The van der Waals surface area contributed by atoms with Crippen LogP contribution < -0.4 is 5.32 Å². The van der Waals surface area contributed by atoms with Crippen LogP contribution in [0.1, 0.15) is 5.56 Å². The van der Waals surface area contributed by atoms with Gasteiger partial charge in [-0.2, -0.15) is 0 Å². The molecular formula is C14H10BrClFNO. The number of rotatable bonds is 3. The molecule has 0 aliphatic rings. The average Bonchev–Trinajstić information content (AvgIpc) is 2.34. The maximum atomic E-state index is 13.0. The van der Waals surface area contributed by atoms with Crippen molar-refractivity contribution in [2.75, 3.05) is 5.32 Å². The molecule has 0 fully saturated rings. The van der Waals surface area contributed by atoms with Crippen LogP contribution >= 0.6 is 27.5 Å². The Balaban J connectivity index is 2.03. The van der Waals surface area contributed by atoms with Crippen LogP contribution in [0.15, 0.2) is 46.9 Å². The van der Waals surface area contributed by atoms with E-state index in [0.717, 1.165) is 0 Å². The van der Waals surface area contributed by atoms with E-state index in [4.69, 9.17) is 11.6 Å². The Morgan fingerprint density at radius 1 is 1.26 bits per heavy atom. The van der Waals surface area contributed by atoms with Crippen LogP contribution in [0.2, 0.25) is 5.02 Å². The molecule has 0 aromatic heterocycles. The Morgan fingerprint density at radius 2 is 2.05 bits per heavy atom. The molecule has 1 amide bonds. The summed E-state index contributed by atoms with van der Waals surface area (Å²) in [5.74, 6) is -0.556. The molecule has 0 aliphatic carbocycles. The van der Waals surface area contributed by atoms with Crippen LogP contribution in [-0.2, 0) is 11.2 Å². The van der Waals surface area contributed by atoms with Crippen LogP contribution in [-0.4, -0.2) is 5.91 Å². The standard InChI is InChI=1S/C14H10BrClFNO/c15-12-8-11(4-5-13(12)16)18-14(19)7-9-2-1-3-10(17)6-9/h1-6,8H,7H2,(H,18,19). The summed E-state index contributed by atoms with van der Waals surface area (Å²) in [6.07, 6.45) is 0.123. The van der Waals surface area contributed by atoms with Crippen LogP contribution in [0.4, 0.5) is 10.1 Å². The van der Waals surface area contributed by atoms with Gasteiger partial charge in [0, 0.05) is 10.2 Å². The second-order valence-corrected chi connectivity index (χ2v) is 5.25. The van der Waals surface area contributed by atoms with Gasteiger partial charge < -0.3 is 5.32 Å². The summed E-state index contributed by atoms with van der Waals surface area (Å²) in [6, 6.07) is 11.1. The minimum atomic E-state index is -0.348. The molecule has 0 aliphatic heterocycles. The zero-order chi connectivity index (χ0) is 13.8. The molecule has 2 aromatic rings. The predicted molar refractivity (Wildman–Crippen MR) is 77.9 cm³/mol. The maximum Gasteiger partial charge on any atom is 0.228 e. The monoisotopic (exact) mass is 341 g/mol. The van der Waals surface area contributed by atoms with E-state index in [2.05, 4.69) is 21.2 Å². The number of amides is 1. The van der Waals surface area contributed by atoms with E-state index in [-0.39, 0.29) is 18.1 Å². The molecule has 0 atom stereocenters. The van der Waals surface area contributed by atoms with E-state index in [0.29, 0.717) is 20.7 Å². The molecule has 2 nitrogen and oxygen atoms in total. The maximum absolute atomic E-state index is 13.0. The number of anilines is 1. The Hall–Kier alpha value is -1.39. The first-order chi connectivity index (χ1) is 9.04. The van der Waals surface area contributed by atoms with Gasteiger partial charge in [0.2, 0.25) is 5.91 Å². The van der Waals surface area contributed by atoms with Gasteiger partial charge in [0.1, 0.15) is 5.82 Å². The fourth-order valence-corrected chi connectivity index (χ4v) is 2.11. The van der Waals surface area contributed by atoms with E-state index in [1.165, 1.54) is 12.1 Å². The molecule has 5 heteroatoms. The molecule has 0 unspecified atom stereocenters. The lowest BCUT2D eigenvalue weighted by molar-refractivity contribution is -0.115. The highest BCUT2D eigenvalue weighted by Gasteiger charge is 2.06. The quantitative estimate of drug-likeness (QED) is 0.879. The lowest BCUT2D eigenvalue weighted by Gasteiger charge is -2.06. The van der Waals surface area contributed by atoms with Gasteiger partial charge >= 0.3 is 0 Å². The van der Waals surface area contributed by atoms with Crippen molar-refractivity contribution in [1.82, 2.24) is 0 Å². The molecular weight excluding hydrogens is 333 g/mol. The predicted octanol–water partition coefficient (Wildman–Crippen LogP) is 4.42. The number of halogens is 3. The molecule has 0 saturated heterocycles. The van der Waals surface area contributed by atoms with Gasteiger partial charge in [-0.3, -0.25) is 4.79 Å². The number of hydrogen-bond acceptors (Lipinski definition) is 1. The molecule has 2 rings (SSSR count). The molecule has 0 radical (unpaired) electrons. The Bertz CT molecular complexity index is 618. The fourth-order valence-electron chi connectivity index (χ4n) is 1.61. The van der Waals surface area contributed by atoms with Crippen molar-refractivity contribution in [2.45, 2.75) is 6.42 Å². The Labute approximate surface area is 123 Å². The van der Waals surface area contributed by atoms with Gasteiger partial charge in [0.05, 0.1) is 11.4 Å². The number of nitrogens with one attached hydrogen (secondary N) is 1. The SMILES string of the molecule is O=C(Cc1cccc(F)c1)Nc1ccc(Cl)c(Br)c1. The van der Waals surface area contributed by atoms with Crippen molar-refractivity contribution in [3.05, 3.63) is 63.3 Å². The Kier molecular flexibility index (Phi) is 4.56. The minimum absolute atomic E-state index is 0.123. The van der Waals surface area contributed by atoms with Crippen molar-refractivity contribution in [2.24, 2.45) is 0 Å². The third-order valence-electron chi connectivity index (χ3n) is 2.46. The smallest absolute Gasteiger partial charge is 0.228 e. The second-order valence-electron chi connectivity index (χ2n) is 3.98. The van der Waals surface area contributed by atoms with Gasteiger partial charge in [-0.15, -0.1) is 0 Å². The summed E-state index contributed by atoms with van der Waals surface area (Å²) in [7, 11) is 0. The van der Waals surface area contributed by atoms with Crippen molar-refractivity contribution < 1.29 is 9.18 Å². The normalized spacial score (nSPS) is 10.3. The summed E-state index contributed by atoms with van der Waals surface area (Å²) in [6.45, 7) is 0. The van der Waals surface area contributed by atoms with Crippen LogP contribution in [0, 0.1) is 5.82 Å². The first kappa shape index (κ1) is 14.0. The molecule has 19 heavy (non-hydrogen) atoms.